The summed E-state index contributed by atoms with van der Waals surface area (Å²) in [5, 5.41) is 7.18. The van der Waals surface area contributed by atoms with Gasteiger partial charge in [-0.2, -0.15) is 5.10 Å². The van der Waals surface area contributed by atoms with Gasteiger partial charge in [-0.1, -0.05) is 37.3 Å². The van der Waals surface area contributed by atoms with E-state index in [0.29, 0.717) is 12.1 Å². The van der Waals surface area contributed by atoms with E-state index in [4.69, 9.17) is 4.74 Å². The molecule has 3 aromatic rings. The topological polar surface area (TPSA) is 57.0 Å². The van der Waals surface area contributed by atoms with Crippen LogP contribution in [-0.2, 0) is 24.3 Å². The van der Waals surface area contributed by atoms with Gasteiger partial charge in [0.05, 0.1) is 29.0 Å². The maximum atomic E-state index is 12.1. The molecule has 0 spiro atoms. The summed E-state index contributed by atoms with van der Waals surface area (Å²) in [6, 6.07) is 9.97. The molecule has 0 saturated heterocycles. The second-order valence-electron chi connectivity index (χ2n) is 5.07. The molecule has 2 aromatic heterocycles. The van der Waals surface area contributed by atoms with Gasteiger partial charge in [0.15, 0.2) is 0 Å². The van der Waals surface area contributed by atoms with Crippen molar-refractivity contribution in [3.63, 3.8) is 0 Å². The maximum absolute atomic E-state index is 12.1. The Bertz CT molecular complexity index is 780. The number of carbonyl (C=O) groups is 1. The van der Waals surface area contributed by atoms with E-state index in [1.165, 1.54) is 6.20 Å². The van der Waals surface area contributed by atoms with E-state index < -0.39 is 0 Å². The van der Waals surface area contributed by atoms with Crippen molar-refractivity contribution < 1.29 is 9.53 Å². The van der Waals surface area contributed by atoms with Crippen molar-refractivity contribution in [2.24, 2.45) is 0 Å². The molecule has 1 aromatic carbocycles. The predicted molar refractivity (Wildman–Crippen MR) is 88.4 cm³/mol. The fraction of sp³-hybridized carbons (Fsp3) is 0.235. The number of aromatic nitrogens is 3. The molecule has 2 heterocycles. The summed E-state index contributed by atoms with van der Waals surface area (Å²) in [4.78, 5) is 16.4. The Morgan fingerprint density at radius 3 is 2.87 bits per heavy atom. The van der Waals surface area contributed by atoms with E-state index in [2.05, 4.69) is 17.0 Å². The summed E-state index contributed by atoms with van der Waals surface area (Å²) < 4.78 is 7.01. The Hall–Kier alpha value is -2.47. The quantitative estimate of drug-likeness (QED) is 0.652. The summed E-state index contributed by atoms with van der Waals surface area (Å²) in [6.07, 6.45) is 4.13. The Morgan fingerprint density at radius 1 is 1.30 bits per heavy atom. The molecular weight excluding hydrogens is 310 g/mol. The van der Waals surface area contributed by atoms with Crippen molar-refractivity contribution in [1.82, 2.24) is 14.8 Å². The molecule has 0 aliphatic rings. The number of nitrogens with zero attached hydrogens (tertiary/aromatic N) is 3. The number of ether oxygens (including phenoxy) is 1. The number of hydrogen-bond donors (Lipinski definition) is 0. The molecule has 0 radical (unpaired) electrons. The predicted octanol–water partition coefficient (Wildman–Crippen LogP) is 3.31. The van der Waals surface area contributed by atoms with Gasteiger partial charge in [0.1, 0.15) is 6.61 Å². The largest absolute Gasteiger partial charge is 0.455 e. The lowest BCUT2D eigenvalue weighted by atomic mass is 10.2. The van der Waals surface area contributed by atoms with Crippen LogP contribution in [0.25, 0.3) is 0 Å². The van der Waals surface area contributed by atoms with Crippen LogP contribution >= 0.6 is 11.3 Å². The molecule has 0 atom stereocenters. The van der Waals surface area contributed by atoms with Crippen molar-refractivity contribution >= 4 is 17.3 Å². The fourth-order valence-corrected chi connectivity index (χ4v) is 2.86. The number of hydrogen-bond acceptors (Lipinski definition) is 5. The van der Waals surface area contributed by atoms with Gasteiger partial charge in [-0.05, 0) is 12.0 Å². The van der Waals surface area contributed by atoms with Crippen LogP contribution in [0.4, 0.5) is 0 Å². The summed E-state index contributed by atoms with van der Waals surface area (Å²) in [7, 11) is 0. The third-order valence-electron chi connectivity index (χ3n) is 3.31. The average Bonchev–Trinajstić information content (AvgIpc) is 3.23. The first-order valence-electron chi connectivity index (χ1n) is 7.41. The molecule has 0 saturated carbocycles. The van der Waals surface area contributed by atoms with Crippen molar-refractivity contribution in [2.45, 2.75) is 26.5 Å². The van der Waals surface area contributed by atoms with E-state index in [0.717, 1.165) is 22.7 Å². The number of rotatable bonds is 6. The first-order valence-corrected chi connectivity index (χ1v) is 8.29. The highest BCUT2D eigenvalue weighted by molar-refractivity contribution is 7.09. The first kappa shape index (κ1) is 15.4. The molecule has 0 fully saturated rings. The van der Waals surface area contributed by atoms with Crippen LogP contribution in [0.1, 0.15) is 33.5 Å². The molecule has 118 valence electrons. The normalized spacial score (nSPS) is 10.7. The highest BCUT2D eigenvalue weighted by atomic mass is 32.1. The highest BCUT2D eigenvalue weighted by Crippen LogP contribution is 2.12. The zero-order valence-electron chi connectivity index (χ0n) is 12.8. The van der Waals surface area contributed by atoms with Gasteiger partial charge in [-0.15, -0.1) is 11.3 Å². The summed E-state index contributed by atoms with van der Waals surface area (Å²) in [5.41, 5.74) is 2.37. The van der Waals surface area contributed by atoms with E-state index >= 15 is 0 Å². The zero-order chi connectivity index (χ0) is 16.1. The van der Waals surface area contributed by atoms with Gasteiger partial charge in [0.25, 0.3) is 0 Å². The lowest BCUT2D eigenvalue weighted by Crippen LogP contribution is -2.05. The minimum Gasteiger partial charge on any atom is -0.455 e. The smallest absolute Gasteiger partial charge is 0.341 e. The number of thiazole rings is 1. The van der Waals surface area contributed by atoms with Gasteiger partial charge >= 0.3 is 5.97 Å². The Morgan fingerprint density at radius 2 is 2.13 bits per heavy atom. The van der Waals surface area contributed by atoms with Crippen LogP contribution in [-0.4, -0.2) is 20.7 Å². The van der Waals surface area contributed by atoms with Crippen molar-refractivity contribution in [3.8, 4) is 0 Å². The molecule has 3 rings (SSSR count). The van der Waals surface area contributed by atoms with Crippen LogP contribution in [0, 0.1) is 0 Å². The summed E-state index contributed by atoms with van der Waals surface area (Å²) >= 11 is 1.58. The van der Waals surface area contributed by atoms with Crippen LogP contribution < -0.4 is 0 Å². The molecule has 23 heavy (non-hydrogen) atoms. The third kappa shape index (κ3) is 4.04. The zero-order valence-corrected chi connectivity index (χ0v) is 13.6. The Labute approximate surface area is 138 Å². The SMILES string of the molecule is CCc1nc(COC(=O)c2cnn(Cc3ccccc3)c2)cs1. The minimum absolute atomic E-state index is 0.194. The monoisotopic (exact) mass is 327 g/mol. The number of carbonyl (C=O) groups excluding carboxylic acids is 1. The molecule has 0 amide bonds. The molecule has 0 aliphatic heterocycles. The second-order valence-corrected chi connectivity index (χ2v) is 6.02. The molecular formula is C17H17N3O2S. The van der Waals surface area contributed by atoms with Crippen LogP contribution in [0.15, 0.2) is 48.1 Å². The lowest BCUT2D eigenvalue weighted by Gasteiger charge is -2.01. The van der Waals surface area contributed by atoms with Crippen LogP contribution in [0.2, 0.25) is 0 Å². The van der Waals surface area contributed by atoms with Gasteiger partial charge < -0.3 is 4.74 Å². The standard InChI is InChI=1S/C17H17N3O2S/c1-2-16-19-15(12-23-16)11-22-17(21)14-8-18-20(10-14)9-13-6-4-3-5-7-13/h3-8,10,12H,2,9,11H2,1H3. The fourth-order valence-electron chi connectivity index (χ4n) is 2.13. The molecule has 0 bridgehead atoms. The molecule has 0 unspecified atom stereocenters. The first-order chi connectivity index (χ1) is 11.2. The molecule has 0 N–H and O–H groups in total. The number of esters is 1. The van der Waals surface area contributed by atoms with Crippen LogP contribution in [0.5, 0.6) is 0 Å². The number of aryl methyl sites for hydroxylation is 1. The van der Waals surface area contributed by atoms with E-state index in [9.17, 15) is 4.79 Å². The summed E-state index contributed by atoms with van der Waals surface area (Å²) in [6.45, 7) is 2.87. The van der Waals surface area contributed by atoms with Gasteiger partial charge in [-0.3, -0.25) is 4.68 Å². The second kappa shape index (κ2) is 7.19. The van der Waals surface area contributed by atoms with E-state index in [1.807, 2.05) is 35.7 Å². The Kier molecular flexibility index (Phi) is 4.83. The van der Waals surface area contributed by atoms with Gasteiger partial charge in [0, 0.05) is 11.6 Å². The molecule has 5 nitrogen and oxygen atoms in total. The minimum atomic E-state index is -0.379. The molecule has 6 heteroatoms. The number of benzene rings is 1. The lowest BCUT2D eigenvalue weighted by molar-refractivity contribution is 0.0468. The van der Waals surface area contributed by atoms with Crippen LogP contribution in [0.3, 0.4) is 0 Å². The molecule has 0 aliphatic carbocycles. The Balaban J connectivity index is 1.57. The summed E-state index contributed by atoms with van der Waals surface area (Å²) in [5.74, 6) is -0.379. The van der Waals surface area contributed by atoms with Gasteiger partial charge in [0.2, 0.25) is 0 Å². The van der Waals surface area contributed by atoms with Crippen molar-refractivity contribution in [3.05, 3.63) is 69.9 Å². The average molecular weight is 327 g/mol. The van der Waals surface area contributed by atoms with Gasteiger partial charge in [-0.25, -0.2) is 9.78 Å². The third-order valence-corrected chi connectivity index (χ3v) is 4.35. The maximum Gasteiger partial charge on any atom is 0.341 e. The highest BCUT2D eigenvalue weighted by Gasteiger charge is 2.11. The van der Waals surface area contributed by atoms with E-state index in [-0.39, 0.29) is 12.6 Å². The van der Waals surface area contributed by atoms with Crippen molar-refractivity contribution in [1.29, 1.82) is 0 Å². The van der Waals surface area contributed by atoms with E-state index in [1.54, 1.807) is 22.2 Å². The van der Waals surface area contributed by atoms with Crippen molar-refractivity contribution in [2.75, 3.05) is 0 Å².